The highest BCUT2D eigenvalue weighted by atomic mass is 28.3. The third kappa shape index (κ3) is 6.40. The molecule has 0 aliphatic carbocycles. The second-order valence-corrected chi connectivity index (χ2v) is 9.18. The van der Waals surface area contributed by atoms with Gasteiger partial charge in [0, 0.05) is 6.08 Å². The van der Waals surface area contributed by atoms with Crippen molar-refractivity contribution < 1.29 is 9.53 Å². The predicted molar refractivity (Wildman–Crippen MR) is 81.3 cm³/mol. The van der Waals surface area contributed by atoms with E-state index in [9.17, 15) is 4.79 Å². The number of esters is 1. The fourth-order valence-corrected chi connectivity index (χ4v) is 6.00. The summed E-state index contributed by atoms with van der Waals surface area (Å²) in [6, 6.07) is 4.27. The minimum absolute atomic E-state index is 0.349. The van der Waals surface area contributed by atoms with E-state index in [0.717, 1.165) is 30.6 Å². The second-order valence-electron chi connectivity index (χ2n) is 4.45. The molecule has 0 aromatic rings. The van der Waals surface area contributed by atoms with Crippen LogP contribution >= 0.6 is 0 Å². The van der Waals surface area contributed by atoms with Gasteiger partial charge in [-0.2, -0.15) is 0 Å². The molecule has 0 bridgehead atoms. The summed E-state index contributed by atoms with van der Waals surface area (Å²) in [5, 5.41) is 0. The molecule has 0 radical (unpaired) electrons. The minimum atomic E-state index is -1.45. The van der Waals surface area contributed by atoms with Crippen LogP contribution in [-0.2, 0) is 9.53 Å². The zero-order valence-electron chi connectivity index (χ0n) is 11.2. The molecule has 0 saturated heterocycles. The van der Waals surface area contributed by atoms with Gasteiger partial charge in [-0.3, -0.25) is 0 Å². The molecule has 0 atom stereocenters. The van der Waals surface area contributed by atoms with Gasteiger partial charge < -0.3 is 4.74 Å². The Kier molecular flexibility index (Phi) is 8.93. The number of rotatable bonds is 11. The lowest BCUT2D eigenvalue weighted by atomic mass is 10.5. The molecule has 2 nitrogen and oxygen atoms in total. The lowest BCUT2D eigenvalue weighted by Crippen LogP contribution is -2.32. The summed E-state index contributed by atoms with van der Waals surface area (Å²) in [5.74, 6) is -0.349. The molecule has 0 amide bonds. The van der Waals surface area contributed by atoms with Gasteiger partial charge in [0.05, 0.1) is 14.7 Å². The molecule has 0 N–H and O–H groups in total. The Morgan fingerprint density at radius 2 is 1.50 bits per heavy atom. The van der Waals surface area contributed by atoms with Crippen molar-refractivity contribution in [2.24, 2.45) is 0 Å². The lowest BCUT2D eigenvalue weighted by molar-refractivity contribution is -0.137. The van der Waals surface area contributed by atoms with E-state index < -0.39 is 8.07 Å². The second kappa shape index (κ2) is 9.65. The third-order valence-electron chi connectivity index (χ3n) is 2.99. The van der Waals surface area contributed by atoms with E-state index >= 15 is 0 Å². The van der Waals surface area contributed by atoms with Crippen molar-refractivity contribution in [3.8, 4) is 0 Å². The van der Waals surface area contributed by atoms with Crippen molar-refractivity contribution in [1.82, 2.24) is 0 Å². The van der Waals surface area contributed by atoms with Crippen molar-refractivity contribution in [2.45, 2.75) is 30.6 Å². The topological polar surface area (TPSA) is 26.3 Å². The minimum Gasteiger partial charge on any atom is -0.463 e. The van der Waals surface area contributed by atoms with Gasteiger partial charge in [0.1, 0.15) is 0 Å². The standard InChI is InChI=1S/C15H24O2Si/c1-5-11-18(12-6-2,13-7-3)14-9-10-17-15(16)8-4/h5-8H,1-4,9-14H2. The van der Waals surface area contributed by atoms with Crippen LogP contribution in [-0.4, -0.2) is 20.7 Å². The number of ether oxygens (including phenoxy) is 1. The number of carbonyl (C=O) groups is 1. The van der Waals surface area contributed by atoms with Crippen LogP contribution in [0.3, 0.4) is 0 Å². The molecule has 0 heterocycles. The van der Waals surface area contributed by atoms with Crippen molar-refractivity contribution in [1.29, 1.82) is 0 Å². The van der Waals surface area contributed by atoms with Crippen LogP contribution in [0.2, 0.25) is 24.2 Å². The van der Waals surface area contributed by atoms with Crippen LogP contribution in [0.1, 0.15) is 6.42 Å². The Morgan fingerprint density at radius 3 is 1.89 bits per heavy atom. The zero-order valence-corrected chi connectivity index (χ0v) is 12.2. The average molecular weight is 264 g/mol. The fraction of sp³-hybridized carbons (Fsp3) is 0.400. The number of hydrogen-bond acceptors (Lipinski definition) is 2. The number of carbonyl (C=O) groups excluding carboxylic acids is 1. The Morgan fingerprint density at radius 1 is 1.00 bits per heavy atom. The van der Waals surface area contributed by atoms with Gasteiger partial charge in [-0.05, 0) is 24.6 Å². The van der Waals surface area contributed by atoms with Crippen molar-refractivity contribution in [3.63, 3.8) is 0 Å². The van der Waals surface area contributed by atoms with E-state index in [2.05, 4.69) is 26.3 Å². The van der Waals surface area contributed by atoms with Crippen LogP contribution in [0.25, 0.3) is 0 Å². The molecule has 0 aliphatic heterocycles. The van der Waals surface area contributed by atoms with Gasteiger partial charge in [0.2, 0.25) is 0 Å². The lowest BCUT2D eigenvalue weighted by Gasteiger charge is -2.28. The molecule has 0 fully saturated rings. The Balaban J connectivity index is 4.33. The quantitative estimate of drug-likeness (QED) is 0.184. The molecule has 100 valence electrons. The van der Waals surface area contributed by atoms with Gasteiger partial charge in [-0.25, -0.2) is 4.79 Å². The van der Waals surface area contributed by atoms with Gasteiger partial charge >= 0.3 is 5.97 Å². The van der Waals surface area contributed by atoms with E-state index in [-0.39, 0.29) is 5.97 Å². The summed E-state index contributed by atoms with van der Waals surface area (Å²) in [6.45, 7) is 15.4. The summed E-state index contributed by atoms with van der Waals surface area (Å²) >= 11 is 0. The molecule has 0 rings (SSSR count). The highest BCUT2D eigenvalue weighted by Gasteiger charge is 2.28. The first-order chi connectivity index (χ1) is 8.64. The predicted octanol–water partition coefficient (Wildman–Crippen LogP) is 4.11. The van der Waals surface area contributed by atoms with Crippen LogP contribution in [0.5, 0.6) is 0 Å². The van der Waals surface area contributed by atoms with Crippen LogP contribution in [0.15, 0.2) is 50.6 Å². The maximum absolute atomic E-state index is 10.9. The monoisotopic (exact) mass is 264 g/mol. The molecule has 0 aromatic heterocycles. The van der Waals surface area contributed by atoms with E-state index in [1.807, 2.05) is 18.2 Å². The average Bonchev–Trinajstić information content (AvgIpc) is 2.35. The molecule has 0 unspecified atom stereocenters. The normalized spacial score (nSPS) is 10.4. The largest absolute Gasteiger partial charge is 0.463 e. The summed E-state index contributed by atoms with van der Waals surface area (Å²) in [4.78, 5) is 10.9. The van der Waals surface area contributed by atoms with Gasteiger partial charge in [-0.1, -0.05) is 30.9 Å². The van der Waals surface area contributed by atoms with Crippen LogP contribution in [0.4, 0.5) is 0 Å². The zero-order chi connectivity index (χ0) is 13.9. The van der Waals surface area contributed by atoms with Crippen LogP contribution in [0, 0.1) is 0 Å². The van der Waals surface area contributed by atoms with E-state index in [0.29, 0.717) is 6.61 Å². The Hall–Kier alpha value is -1.35. The first-order valence-electron chi connectivity index (χ1n) is 6.26. The van der Waals surface area contributed by atoms with Gasteiger partial charge in [-0.15, -0.1) is 19.7 Å². The molecule has 18 heavy (non-hydrogen) atoms. The summed E-state index contributed by atoms with van der Waals surface area (Å²) in [7, 11) is -1.45. The highest BCUT2D eigenvalue weighted by molar-refractivity contribution is 6.81. The number of hydrogen-bond donors (Lipinski definition) is 0. The number of allylic oxidation sites excluding steroid dienone is 3. The fourth-order valence-electron chi connectivity index (χ4n) is 2.15. The summed E-state index contributed by atoms with van der Waals surface area (Å²) < 4.78 is 5.01. The Labute approximate surface area is 112 Å². The Bertz CT molecular complexity index is 281. The summed E-state index contributed by atoms with van der Waals surface area (Å²) in [5.41, 5.74) is 0. The smallest absolute Gasteiger partial charge is 0.330 e. The SMILES string of the molecule is C=CC[Si](CC=C)(CC=C)CCCOC(=O)C=C. The van der Waals surface area contributed by atoms with Crippen LogP contribution < -0.4 is 0 Å². The van der Waals surface area contributed by atoms with Crippen molar-refractivity contribution >= 4 is 14.0 Å². The highest BCUT2D eigenvalue weighted by Crippen LogP contribution is 2.28. The first-order valence-corrected chi connectivity index (χ1v) is 9.09. The van der Waals surface area contributed by atoms with Crippen molar-refractivity contribution in [2.75, 3.05) is 6.61 Å². The first kappa shape index (κ1) is 16.6. The van der Waals surface area contributed by atoms with Gasteiger partial charge in [0.25, 0.3) is 0 Å². The maximum atomic E-state index is 10.9. The molecular formula is C15H24O2Si. The molecule has 0 spiro atoms. The molecule has 0 aromatic carbocycles. The molecule has 0 aliphatic rings. The van der Waals surface area contributed by atoms with E-state index in [4.69, 9.17) is 4.74 Å². The van der Waals surface area contributed by atoms with E-state index in [1.54, 1.807) is 0 Å². The molecule has 0 saturated carbocycles. The maximum Gasteiger partial charge on any atom is 0.330 e. The summed E-state index contributed by atoms with van der Waals surface area (Å²) in [6.07, 6.45) is 8.07. The van der Waals surface area contributed by atoms with Crippen molar-refractivity contribution in [3.05, 3.63) is 50.6 Å². The third-order valence-corrected chi connectivity index (χ3v) is 7.87. The van der Waals surface area contributed by atoms with Gasteiger partial charge in [0.15, 0.2) is 0 Å². The van der Waals surface area contributed by atoms with E-state index in [1.165, 1.54) is 6.08 Å². The molecule has 3 heteroatoms. The molecular weight excluding hydrogens is 240 g/mol.